The van der Waals surface area contributed by atoms with E-state index in [0.717, 1.165) is 36.8 Å². The van der Waals surface area contributed by atoms with Crippen LogP contribution in [0.4, 0.5) is 5.82 Å². The molecule has 1 spiro atoms. The molecular weight excluding hydrogens is 368 g/mol. The molecule has 6 heteroatoms. The van der Waals surface area contributed by atoms with Crippen LogP contribution in [0, 0.1) is 17.3 Å². The van der Waals surface area contributed by atoms with Crippen molar-refractivity contribution in [1.82, 2.24) is 4.98 Å². The Balaban J connectivity index is 1.38. The highest BCUT2D eigenvalue weighted by atomic mass is 16.6. The Bertz CT molecular complexity index is 916. The molecule has 4 heterocycles. The lowest BCUT2D eigenvalue weighted by molar-refractivity contribution is -0.149. The molecule has 3 fully saturated rings. The van der Waals surface area contributed by atoms with Crippen LogP contribution in [-0.2, 0) is 25.5 Å². The number of pyridine rings is 1. The van der Waals surface area contributed by atoms with Gasteiger partial charge in [-0.15, -0.1) is 0 Å². The smallest absolute Gasteiger partial charge is 0.337 e. The zero-order valence-corrected chi connectivity index (χ0v) is 17.5. The van der Waals surface area contributed by atoms with Crippen LogP contribution in [0.5, 0.6) is 0 Å². The standard InChI is InChI=1S/C23H28N2O4/c1-13-9-16-19(26)28-17-7-6-15-11-22(13,29-23(15,16)17)10-14-5-8-18(24-12-14)25-20(27)21(2,3)4/h5,8-9,12-13,15,17H,6-7,10-11H2,1-4H3,(H,24,25,27)/t13-,15?,17-,22?,23+/m1/s1. The number of anilines is 1. The van der Waals surface area contributed by atoms with Gasteiger partial charge in [0.05, 0.1) is 11.2 Å². The number of esters is 1. The molecular formula is C23H28N2O4. The number of hydrogen-bond acceptors (Lipinski definition) is 5. The molecule has 4 aliphatic rings. The molecule has 5 rings (SSSR count). The molecule has 0 radical (unpaired) electrons. The van der Waals surface area contributed by atoms with Crippen LogP contribution in [0.25, 0.3) is 0 Å². The van der Waals surface area contributed by atoms with Crippen LogP contribution in [0.3, 0.4) is 0 Å². The molecule has 1 saturated carbocycles. The fraction of sp³-hybridized carbons (Fsp3) is 0.609. The van der Waals surface area contributed by atoms with E-state index >= 15 is 0 Å². The first-order valence-corrected chi connectivity index (χ1v) is 10.5. The number of rotatable bonds is 3. The molecule has 1 aromatic rings. The Morgan fingerprint density at radius 1 is 1.31 bits per heavy atom. The molecule has 154 valence electrons. The van der Waals surface area contributed by atoms with Crippen LogP contribution in [-0.4, -0.2) is 34.2 Å². The third-order valence-corrected chi connectivity index (χ3v) is 7.21. The van der Waals surface area contributed by atoms with E-state index in [1.807, 2.05) is 39.1 Å². The lowest BCUT2D eigenvalue weighted by Crippen LogP contribution is -2.49. The van der Waals surface area contributed by atoms with E-state index in [4.69, 9.17) is 9.47 Å². The van der Waals surface area contributed by atoms with Crippen molar-refractivity contribution < 1.29 is 19.1 Å². The van der Waals surface area contributed by atoms with Gasteiger partial charge in [-0.2, -0.15) is 0 Å². The van der Waals surface area contributed by atoms with E-state index < -0.39 is 11.0 Å². The fourth-order valence-electron chi connectivity index (χ4n) is 5.59. The summed E-state index contributed by atoms with van der Waals surface area (Å²) in [7, 11) is 0. The van der Waals surface area contributed by atoms with Crippen LogP contribution < -0.4 is 5.32 Å². The van der Waals surface area contributed by atoms with Gasteiger partial charge in [0.15, 0.2) is 0 Å². The molecule has 1 N–H and O–H groups in total. The monoisotopic (exact) mass is 396 g/mol. The summed E-state index contributed by atoms with van der Waals surface area (Å²) in [6.45, 7) is 7.76. The topological polar surface area (TPSA) is 77.5 Å². The fourth-order valence-corrected chi connectivity index (χ4v) is 5.59. The molecule has 1 amide bonds. The van der Waals surface area contributed by atoms with Crippen molar-refractivity contribution in [2.24, 2.45) is 17.3 Å². The maximum Gasteiger partial charge on any atom is 0.337 e. The summed E-state index contributed by atoms with van der Waals surface area (Å²) < 4.78 is 12.5. The van der Waals surface area contributed by atoms with Gasteiger partial charge in [-0.1, -0.05) is 39.8 Å². The van der Waals surface area contributed by atoms with Crippen LogP contribution in [0.15, 0.2) is 30.0 Å². The van der Waals surface area contributed by atoms with Gasteiger partial charge in [0.25, 0.3) is 0 Å². The lowest BCUT2D eigenvalue weighted by Gasteiger charge is -2.41. The minimum Gasteiger partial charge on any atom is -0.455 e. The molecule has 2 saturated heterocycles. The number of fused-ring (bicyclic) bond motifs is 1. The molecule has 6 nitrogen and oxygen atoms in total. The maximum absolute atomic E-state index is 12.4. The normalized spacial score (nSPS) is 37.2. The van der Waals surface area contributed by atoms with Gasteiger partial charge in [0.1, 0.15) is 17.5 Å². The molecule has 1 aliphatic carbocycles. The number of hydrogen-bond donors (Lipinski definition) is 1. The van der Waals surface area contributed by atoms with Gasteiger partial charge in [0, 0.05) is 24.0 Å². The number of aromatic nitrogens is 1. The summed E-state index contributed by atoms with van der Waals surface area (Å²) in [6, 6.07) is 3.86. The highest BCUT2D eigenvalue weighted by molar-refractivity contribution is 5.95. The van der Waals surface area contributed by atoms with Crippen LogP contribution in [0.1, 0.15) is 52.5 Å². The van der Waals surface area contributed by atoms with Gasteiger partial charge < -0.3 is 14.8 Å². The third-order valence-electron chi connectivity index (χ3n) is 7.21. The van der Waals surface area contributed by atoms with Crippen molar-refractivity contribution in [2.45, 2.75) is 70.7 Å². The predicted octanol–water partition coefficient (Wildman–Crippen LogP) is 3.42. The summed E-state index contributed by atoms with van der Waals surface area (Å²) >= 11 is 0. The second-order valence-electron chi connectivity index (χ2n) is 10.1. The molecule has 29 heavy (non-hydrogen) atoms. The number of nitrogens with zero attached hydrogens (tertiary/aromatic N) is 1. The van der Waals surface area contributed by atoms with Crippen molar-refractivity contribution in [3.63, 3.8) is 0 Å². The largest absolute Gasteiger partial charge is 0.455 e. The Labute approximate surface area is 171 Å². The zero-order valence-electron chi connectivity index (χ0n) is 17.5. The molecule has 0 aromatic carbocycles. The summed E-state index contributed by atoms with van der Waals surface area (Å²) in [6.07, 6.45) is 7.39. The van der Waals surface area contributed by atoms with Crippen molar-refractivity contribution in [1.29, 1.82) is 0 Å². The number of amides is 1. The van der Waals surface area contributed by atoms with E-state index in [1.165, 1.54) is 0 Å². The SMILES string of the molecule is C[C@@H]1C=C2C(=O)O[C@@H]3CCC4CC1(Cc1ccc(NC(=O)C(C)(C)C)nc1)O[C@]243. The lowest BCUT2D eigenvalue weighted by atomic mass is 9.79. The first-order chi connectivity index (χ1) is 13.6. The number of nitrogens with one attached hydrogen (secondary N) is 1. The van der Waals surface area contributed by atoms with E-state index in [1.54, 1.807) is 0 Å². The van der Waals surface area contributed by atoms with Gasteiger partial charge in [-0.25, -0.2) is 9.78 Å². The number of ether oxygens (including phenoxy) is 2. The third kappa shape index (κ3) is 2.61. The van der Waals surface area contributed by atoms with E-state index in [2.05, 4.69) is 23.3 Å². The molecule has 2 bridgehead atoms. The first-order valence-electron chi connectivity index (χ1n) is 10.5. The van der Waals surface area contributed by atoms with E-state index in [-0.39, 0.29) is 29.5 Å². The van der Waals surface area contributed by atoms with Gasteiger partial charge >= 0.3 is 5.97 Å². The van der Waals surface area contributed by atoms with Crippen LogP contribution >= 0.6 is 0 Å². The summed E-state index contributed by atoms with van der Waals surface area (Å²) in [5.74, 6) is 0.775. The summed E-state index contributed by atoms with van der Waals surface area (Å²) in [4.78, 5) is 29.0. The quantitative estimate of drug-likeness (QED) is 0.792. The maximum atomic E-state index is 12.4. The highest BCUT2D eigenvalue weighted by Gasteiger charge is 2.72. The minimum atomic E-state index is -0.530. The van der Waals surface area contributed by atoms with Crippen molar-refractivity contribution >= 4 is 17.7 Å². The van der Waals surface area contributed by atoms with E-state index in [9.17, 15) is 9.59 Å². The minimum absolute atomic E-state index is 0.0575. The Morgan fingerprint density at radius 2 is 2.10 bits per heavy atom. The Hall–Kier alpha value is -2.21. The van der Waals surface area contributed by atoms with Crippen molar-refractivity contribution in [2.75, 3.05) is 5.32 Å². The number of carbonyl (C=O) groups is 2. The van der Waals surface area contributed by atoms with Crippen LogP contribution in [0.2, 0.25) is 0 Å². The predicted molar refractivity (Wildman–Crippen MR) is 107 cm³/mol. The van der Waals surface area contributed by atoms with Gasteiger partial charge in [-0.3, -0.25) is 4.79 Å². The van der Waals surface area contributed by atoms with E-state index in [0.29, 0.717) is 11.7 Å². The molecule has 1 aromatic heterocycles. The van der Waals surface area contributed by atoms with Gasteiger partial charge in [0.2, 0.25) is 5.91 Å². The average Bonchev–Trinajstić information content (AvgIpc) is 3.20. The summed E-state index contributed by atoms with van der Waals surface area (Å²) in [5.41, 5.74) is 0.494. The van der Waals surface area contributed by atoms with Gasteiger partial charge in [-0.05, 0) is 36.8 Å². The van der Waals surface area contributed by atoms with Crippen molar-refractivity contribution in [3.05, 3.63) is 35.5 Å². The summed E-state index contributed by atoms with van der Waals surface area (Å²) in [5, 5.41) is 2.86. The second kappa shape index (κ2) is 5.91. The zero-order chi connectivity index (χ0) is 20.6. The number of carbonyl (C=O) groups excluding carboxylic acids is 2. The van der Waals surface area contributed by atoms with Crippen molar-refractivity contribution in [3.8, 4) is 0 Å². The first kappa shape index (κ1) is 18.8. The average molecular weight is 396 g/mol. The highest BCUT2D eigenvalue weighted by Crippen LogP contribution is 2.64. The Kier molecular flexibility index (Phi) is 3.83. The molecule has 2 unspecified atom stereocenters. The molecule has 3 aliphatic heterocycles. The Morgan fingerprint density at radius 3 is 2.79 bits per heavy atom. The second-order valence-corrected chi connectivity index (χ2v) is 10.1. The molecule has 5 atom stereocenters.